The number of nitrogens with two attached hydrogens (primary N) is 1. The van der Waals surface area contributed by atoms with Crippen LogP contribution in [0.4, 0.5) is 5.82 Å². The van der Waals surface area contributed by atoms with E-state index in [2.05, 4.69) is 89.1 Å². The topological polar surface area (TPSA) is 147 Å². The van der Waals surface area contributed by atoms with Crippen LogP contribution in [-0.4, -0.2) is 46.3 Å². The Labute approximate surface area is 306 Å². The third-order valence-corrected chi connectivity index (χ3v) is 9.78. The van der Waals surface area contributed by atoms with Gasteiger partial charge in [0.25, 0.3) is 0 Å². The van der Waals surface area contributed by atoms with E-state index in [1.54, 1.807) is 24.3 Å². The maximum Gasteiger partial charge on any atom is 0.458 e. The average Bonchev–Trinajstić information content (AvgIpc) is 3.59. The molecule has 13 heteroatoms. The Morgan fingerprint density at radius 2 is 1.55 bits per heavy atom. The minimum absolute atomic E-state index is 0.0618. The molecule has 2 unspecified atom stereocenters. The number of aromatic nitrogens is 2. The first-order valence-electron chi connectivity index (χ1n) is 17.4. The summed E-state index contributed by atoms with van der Waals surface area (Å²) in [7, 11) is -3.84. The third kappa shape index (κ3) is 18.2. The molecule has 0 radical (unpaired) electrons. The number of nitrogen functional groups attached to an aromatic ring is 1. The summed E-state index contributed by atoms with van der Waals surface area (Å²) < 4.78 is 32.4. The number of ether oxygens (including phenoxy) is 1. The lowest BCUT2D eigenvalue weighted by Crippen LogP contribution is -2.32. The molecule has 51 heavy (non-hydrogen) atoms. The lowest BCUT2D eigenvalue weighted by molar-refractivity contribution is -0.120. The molecule has 2 aromatic rings. The zero-order valence-electron chi connectivity index (χ0n) is 29.4. The van der Waals surface area contributed by atoms with Crippen molar-refractivity contribution in [2.75, 3.05) is 31.2 Å². The smallest absolute Gasteiger partial charge is 0.413 e. The maximum absolute atomic E-state index is 13.7. The van der Waals surface area contributed by atoms with Crippen molar-refractivity contribution >= 4 is 31.2 Å². The number of benzene rings is 1. The first-order valence-corrected chi connectivity index (χ1v) is 20.0. The number of para-hydroxylation sites is 1. The quantitative estimate of drug-likeness (QED) is 0.0554. The fourth-order valence-corrected chi connectivity index (χ4v) is 6.96. The molecule has 2 heterocycles. The van der Waals surface area contributed by atoms with E-state index >= 15 is 0 Å². The van der Waals surface area contributed by atoms with Crippen LogP contribution >= 0.6 is 19.5 Å². The minimum Gasteiger partial charge on any atom is -0.413 e. The van der Waals surface area contributed by atoms with Crippen molar-refractivity contribution in [1.82, 2.24) is 20.0 Å². The second-order valence-corrected chi connectivity index (χ2v) is 14.2. The molecule has 11 nitrogen and oxygen atoms in total. The number of thioether (sulfide) groups is 1. The van der Waals surface area contributed by atoms with Gasteiger partial charge < -0.3 is 20.3 Å². The summed E-state index contributed by atoms with van der Waals surface area (Å²) in [4.78, 5) is 28.3. The summed E-state index contributed by atoms with van der Waals surface area (Å²) in [5.74, 6) is 0.866. The summed E-state index contributed by atoms with van der Waals surface area (Å²) in [6.07, 6.45) is 33.5. The monoisotopic (exact) mass is 737 g/mol. The molecule has 3 atom stereocenters. The molecular weight excluding hydrogens is 685 g/mol. The largest absolute Gasteiger partial charge is 0.458 e. The van der Waals surface area contributed by atoms with Crippen molar-refractivity contribution in [3.63, 3.8) is 0 Å². The van der Waals surface area contributed by atoms with Gasteiger partial charge in [-0.15, -0.1) is 11.8 Å². The minimum atomic E-state index is -3.84. The van der Waals surface area contributed by atoms with Crippen LogP contribution in [0.25, 0.3) is 0 Å². The zero-order valence-corrected chi connectivity index (χ0v) is 31.1. The van der Waals surface area contributed by atoms with Gasteiger partial charge in [-0.25, -0.2) is 14.4 Å². The number of hydrogen-bond donors (Lipinski definition) is 3. The SMILES string of the molecule is CC/C=C\C/C=C\C/C=C\C/C=C\C/C=C\C/C=C\CCC(=O)NCCNP(=O)(OC[C@@H]1OC(n2ccc(N)nc2=O)CS1)Oc1ccccc1. The highest BCUT2D eigenvalue weighted by atomic mass is 32.2. The molecule has 1 aromatic heterocycles. The Kier molecular flexibility index (Phi) is 20.4. The molecule has 1 aliphatic rings. The van der Waals surface area contributed by atoms with Gasteiger partial charge in [0.15, 0.2) is 0 Å². The van der Waals surface area contributed by atoms with E-state index in [0.717, 1.165) is 38.5 Å². The number of hydrogen-bond acceptors (Lipinski definition) is 9. The number of nitrogens with one attached hydrogen (secondary N) is 2. The standard InChI is InChI=1S/C38H52N5O6PS/c1-2-3-4-5-6-7-8-9-10-11-12-13-14-15-16-17-18-19-23-26-35(44)40-28-29-41-50(46,49-33-24-21-20-22-25-33)47-31-37-48-36(32-51-37)43-30-27-34(39)42-38(43)45/h3-4,6-7,9-10,12-13,15-16,18-22,24-25,27,30,36-37H,2,5,8,11,14,17,23,26,28-29,31-32H2,1H3,(H,40,44)(H,41,46)(H2,39,42,45)/b4-3-,7-6-,10-9-,13-12-,16-15-,19-18-/t36?,37-,50?/m1/s1. The Morgan fingerprint density at radius 1 is 0.941 bits per heavy atom. The maximum atomic E-state index is 13.7. The number of amides is 1. The van der Waals surface area contributed by atoms with Gasteiger partial charge in [0.2, 0.25) is 5.91 Å². The molecule has 0 spiro atoms. The normalized spacial score (nSPS) is 17.9. The van der Waals surface area contributed by atoms with Crippen LogP contribution in [0, 0.1) is 0 Å². The summed E-state index contributed by atoms with van der Waals surface area (Å²) in [6, 6.07) is 10.2. The van der Waals surface area contributed by atoms with Crippen molar-refractivity contribution in [2.24, 2.45) is 0 Å². The number of carbonyl (C=O) groups excluding carboxylic acids is 1. The molecule has 1 aliphatic heterocycles. The molecule has 0 aliphatic carbocycles. The Balaban J connectivity index is 1.29. The van der Waals surface area contributed by atoms with Crippen molar-refractivity contribution in [3.8, 4) is 5.75 Å². The predicted octanol–water partition coefficient (Wildman–Crippen LogP) is 7.80. The number of nitrogens with zero attached hydrogens (tertiary/aromatic N) is 2. The van der Waals surface area contributed by atoms with Crippen LogP contribution in [0.5, 0.6) is 5.75 Å². The van der Waals surface area contributed by atoms with Crippen LogP contribution in [0.15, 0.2) is 120 Å². The van der Waals surface area contributed by atoms with E-state index in [1.165, 1.54) is 28.6 Å². The second kappa shape index (κ2) is 25.1. The lowest BCUT2D eigenvalue weighted by atomic mass is 10.2. The van der Waals surface area contributed by atoms with Crippen LogP contribution in [0.2, 0.25) is 0 Å². The van der Waals surface area contributed by atoms with Gasteiger partial charge in [-0.3, -0.25) is 13.9 Å². The van der Waals surface area contributed by atoms with Crippen molar-refractivity contribution in [1.29, 1.82) is 0 Å². The van der Waals surface area contributed by atoms with E-state index < -0.39 is 25.1 Å². The molecule has 0 saturated carbocycles. The van der Waals surface area contributed by atoms with Crippen LogP contribution in [-0.2, 0) is 18.6 Å². The van der Waals surface area contributed by atoms with E-state index in [4.69, 9.17) is 19.5 Å². The Bertz CT molecular complexity index is 1590. The first kappa shape index (κ1) is 41.5. The van der Waals surface area contributed by atoms with Gasteiger partial charge in [0.05, 0.1) is 6.61 Å². The molecule has 4 N–H and O–H groups in total. The van der Waals surface area contributed by atoms with E-state index in [-0.39, 0.29) is 31.4 Å². The van der Waals surface area contributed by atoms with Gasteiger partial charge in [-0.2, -0.15) is 4.98 Å². The number of allylic oxidation sites excluding steroid dienone is 12. The fourth-order valence-electron chi connectivity index (χ4n) is 4.54. The van der Waals surface area contributed by atoms with Crippen LogP contribution in [0.3, 0.4) is 0 Å². The van der Waals surface area contributed by atoms with Crippen molar-refractivity contribution < 1.29 is 23.1 Å². The molecule has 0 bridgehead atoms. The first-order chi connectivity index (χ1) is 24.9. The average molecular weight is 738 g/mol. The predicted molar refractivity (Wildman–Crippen MR) is 208 cm³/mol. The van der Waals surface area contributed by atoms with Gasteiger partial charge in [-0.1, -0.05) is 98.0 Å². The molecule has 1 aromatic carbocycles. The molecule has 1 amide bonds. The highest BCUT2D eigenvalue weighted by Crippen LogP contribution is 2.45. The highest BCUT2D eigenvalue weighted by molar-refractivity contribution is 8.00. The van der Waals surface area contributed by atoms with Crippen molar-refractivity contribution in [2.45, 2.75) is 70.0 Å². The molecule has 3 rings (SSSR count). The third-order valence-electron chi connectivity index (χ3n) is 7.13. The molecule has 1 saturated heterocycles. The summed E-state index contributed by atoms with van der Waals surface area (Å²) in [5.41, 5.74) is 4.57. The molecular formula is C38H52N5O6PS. The Morgan fingerprint density at radius 3 is 2.16 bits per heavy atom. The van der Waals surface area contributed by atoms with Crippen molar-refractivity contribution in [3.05, 3.63) is 126 Å². The summed E-state index contributed by atoms with van der Waals surface area (Å²) in [6.45, 7) is 2.47. The number of carbonyl (C=O) groups is 1. The molecule has 1 fully saturated rings. The van der Waals surface area contributed by atoms with Crippen LogP contribution in [0.1, 0.15) is 64.5 Å². The molecule has 276 valence electrons. The van der Waals surface area contributed by atoms with E-state index in [9.17, 15) is 14.2 Å². The zero-order chi connectivity index (χ0) is 36.4. The lowest BCUT2D eigenvalue weighted by Gasteiger charge is -2.22. The van der Waals surface area contributed by atoms with Crippen LogP contribution < -0.4 is 26.4 Å². The van der Waals surface area contributed by atoms with Gasteiger partial charge in [0.1, 0.15) is 23.2 Å². The fraction of sp³-hybridized carbons (Fsp3) is 0.395. The highest BCUT2D eigenvalue weighted by Gasteiger charge is 2.33. The van der Waals surface area contributed by atoms with Gasteiger partial charge in [0, 0.05) is 31.5 Å². The van der Waals surface area contributed by atoms with E-state index in [0.29, 0.717) is 24.3 Å². The second-order valence-electron chi connectivity index (χ2n) is 11.3. The summed E-state index contributed by atoms with van der Waals surface area (Å²) >= 11 is 1.42. The van der Waals surface area contributed by atoms with Gasteiger partial charge in [-0.05, 0) is 63.1 Å². The number of anilines is 1. The Hall–Kier alpha value is -3.93. The summed E-state index contributed by atoms with van der Waals surface area (Å²) in [5, 5.41) is 5.66. The van der Waals surface area contributed by atoms with E-state index in [1.807, 2.05) is 12.1 Å². The number of rotatable bonds is 24. The van der Waals surface area contributed by atoms with Gasteiger partial charge >= 0.3 is 13.4 Å².